The second-order valence-corrected chi connectivity index (χ2v) is 15.7. The summed E-state index contributed by atoms with van der Waals surface area (Å²) in [7, 11) is -8.71. The maximum absolute atomic E-state index is 12.4. The van der Waals surface area contributed by atoms with Crippen LogP contribution in [-0.4, -0.2) is 43.0 Å². The zero-order chi connectivity index (χ0) is 36.3. The van der Waals surface area contributed by atoms with Crippen LogP contribution in [0.25, 0.3) is 39.4 Å². The van der Waals surface area contributed by atoms with Gasteiger partial charge in [0.1, 0.15) is 5.25 Å². The van der Waals surface area contributed by atoms with E-state index in [4.69, 9.17) is 9.15 Å². The van der Waals surface area contributed by atoms with E-state index in [1.165, 1.54) is 0 Å². The van der Waals surface area contributed by atoms with Crippen molar-refractivity contribution in [2.75, 3.05) is 10.7 Å². The van der Waals surface area contributed by atoms with Crippen molar-refractivity contribution in [1.29, 1.82) is 0 Å². The van der Waals surface area contributed by atoms with Crippen LogP contribution in [0.2, 0.25) is 0 Å². The van der Waals surface area contributed by atoms with Gasteiger partial charge in [-0.2, -0.15) is 21.4 Å². The number of hydrogen-bond donors (Lipinski definition) is 2. The van der Waals surface area contributed by atoms with Gasteiger partial charge in [-0.15, -0.1) is 0 Å². The molecule has 6 rings (SSSR count). The maximum Gasteiger partial charge on any atom is 0.374 e. The molecule has 0 saturated carbocycles. The van der Waals surface area contributed by atoms with Gasteiger partial charge in [-0.3, -0.25) is 9.11 Å². The molecule has 0 bridgehead atoms. The third-order valence-corrected chi connectivity index (χ3v) is 11.3. The molecule has 0 spiro atoms. The summed E-state index contributed by atoms with van der Waals surface area (Å²) >= 11 is 0. The lowest BCUT2D eigenvalue weighted by Crippen LogP contribution is -2.43. The summed E-state index contributed by atoms with van der Waals surface area (Å²) in [6, 6.07) is 30.4. The highest BCUT2D eigenvalue weighted by molar-refractivity contribution is 7.86. The number of aromatic nitrogens is 1. The molecule has 0 aliphatic carbocycles. The second kappa shape index (κ2) is 14.8. The number of ether oxygens (including phenoxy) is 1. The number of allylic oxidation sites excluding steroid dienone is 2. The lowest BCUT2D eigenvalue weighted by atomic mass is 10.0. The Labute approximate surface area is 298 Å². The molecule has 51 heavy (non-hydrogen) atoms. The smallest absolute Gasteiger partial charge is 0.374 e. The van der Waals surface area contributed by atoms with Crippen LogP contribution < -0.4 is 14.2 Å². The average molecular weight is 730 g/mol. The lowest BCUT2D eigenvalue weighted by molar-refractivity contribution is -0.677. The molecule has 12 heteroatoms. The Balaban J connectivity index is 1.48. The molecule has 266 valence electrons. The molecule has 4 aromatic carbocycles. The SMILES string of the molecule is CCC(/C=C1\Oc2ccc(-c3ccccc3)cc2N1C(CC)CS(=O)(=O)O)=C\c1oc2ccc(-c3ccccc3)cc2[n+]1CC(CC)S(=O)(=O)O. The van der Waals surface area contributed by atoms with E-state index in [1.807, 2.05) is 122 Å². The van der Waals surface area contributed by atoms with Gasteiger partial charge in [-0.05, 0) is 65.3 Å². The predicted molar refractivity (Wildman–Crippen MR) is 199 cm³/mol. The summed E-state index contributed by atoms with van der Waals surface area (Å²) in [5.41, 5.74) is 6.39. The molecular weight excluding hydrogens is 689 g/mol. The fourth-order valence-corrected chi connectivity index (χ4v) is 8.01. The normalized spacial score (nSPS) is 15.6. The van der Waals surface area contributed by atoms with E-state index in [2.05, 4.69) is 0 Å². The molecule has 10 nitrogen and oxygen atoms in total. The van der Waals surface area contributed by atoms with Crippen molar-refractivity contribution in [2.24, 2.45) is 0 Å². The van der Waals surface area contributed by atoms with Gasteiger partial charge in [0.25, 0.3) is 25.8 Å². The predicted octanol–water partition coefficient (Wildman–Crippen LogP) is 7.92. The van der Waals surface area contributed by atoms with Gasteiger partial charge < -0.3 is 14.1 Å². The molecule has 2 atom stereocenters. The molecule has 1 aliphatic rings. The van der Waals surface area contributed by atoms with Gasteiger partial charge in [-0.1, -0.05) is 93.6 Å². The highest BCUT2D eigenvalue weighted by Gasteiger charge is 2.35. The van der Waals surface area contributed by atoms with Gasteiger partial charge in [0, 0.05) is 12.1 Å². The minimum absolute atomic E-state index is 0.0530. The van der Waals surface area contributed by atoms with Crippen LogP contribution in [0, 0.1) is 0 Å². The minimum Gasteiger partial charge on any atom is -0.439 e. The first kappa shape index (κ1) is 36.1. The van der Waals surface area contributed by atoms with Crippen LogP contribution >= 0.6 is 0 Å². The summed E-state index contributed by atoms with van der Waals surface area (Å²) in [5, 5.41) is -1.08. The van der Waals surface area contributed by atoms with Crippen molar-refractivity contribution in [1.82, 2.24) is 0 Å². The number of anilines is 1. The molecule has 2 N–H and O–H groups in total. The zero-order valence-electron chi connectivity index (χ0n) is 28.6. The Morgan fingerprint density at radius 1 is 0.804 bits per heavy atom. The molecule has 0 saturated heterocycles. The van der Waals surface area contributed by atoms with E-state index >= 15 is 0 Å². The van der Waals surface area contributed by atoms with E-state index < -0.39 is 37.3 Å². The highest BCUT2D eigenvalue weighted by Crippen LogP contribution is 2.44. The van der Waals surface area contributed by atoms with Crippen LogP contribution in [0.3, 0.4) is 0 Å². The molecular formula is C39H41N2O8S2+. The largest absolute Gasteiger partial charge is 0.439 e. The van der Waals surface area contributed by atoms with Crippen LogP contribution in [-0.2, 0) is 26.8 Å². The number of rotatable bonds is 13. The van der Waals surface area contributed by atoms with Crippen molar-refractivity contribution in [2.45, 2.75) is 57.9 Å². The Hall–Kier alpha value is -4.75. The Morgan fingerprint density at radius 2 is 1.43 bits per heavy atom. The summed E-state index contributed by atoms with van der Waals surface area (Å²) in [5.74, 6) is 0.768. The molecule has 0 fully saturated rings. The summed E-state index contributed by atoms with van der Waals surface area (Å²) in [6.07, 6.45) is 4.69. The highest BCUT2D eigenvalue weighted by atomic mass is 32.2. The lowest BCUT2D eigenvalue weighted by Gasteiger charge is -2.28. The van der Waals surface area contributed by atoms with E-state index in [9.17, 15) is 25.9 Å². The second-order valence-electron chi connectivity index (χ2n) is 12.5. The first-order chi connectivity index (χ1) is 24.4. The van der Waals surface area contributed by atoms with Crippen LogP contribution in [0.15, 0.2) is 119 Å². The molecule has 5 aromatic rings. The average Bonchev–Trinajstić information content (AvgIpc) is 3.64. The summed E-state index contributed by atoms with van der Waals surface area (Å²) < 4.78 is 83.6. The third-order valence-electron chi connectivity index (χ3n) is 9.14. The fourth-order valence-electron chi connectivity index (χ4n) is 6.38. The Kier molecular flexibility index (Phi) is 10.5. The van der Waals surface area contributed by atoms with E-state index in [0.29, 0.717) is 47.2 Å². The molecule has 1 aliphatic heterocycles. The number of fused-ring (bicyclic) bond motifs is 2. The number of nitrogens with zero attached hydrogens (tertiary/aromatic N) is 2. The van der Waals surface area contributed by atoms with Gasteiger partial charge in [0.15, 0.2) is 12.3 Å². The van der Waals surface area contributed by atoms with Crippen molar-refractivity contribution < 1.29 is 39.7 Å². The molecule has 1 aromatic heterocycles. The van der Waals surface area contributed by atoms with Gasteiger partial charge in [0.2, 0.25) is 11.5 Å². The number of oxazole rings is 1. The van der Waals surface area contributed by atoms with Gasteiger partial charge in [0.05, 0.1) is 23.6 Å². The molecule has 2 unspecified atom stereocenters. The van der Waals surface area contributed by atoms with Crippen molar-refractivity contribution in [3.63, 3.8) is 0 Å². The standard InChI is InChI=1S/C39H40N2O8S2/c1-4-27(21-38-40(25-33(6-3)51(45,46)47)34-23-30(17-19-36(34)48-38)28-13-9-7-10-14-28)22-39-41(32(5-2)26-50(42,43)44)35-24-31(18-20-37(35)49-39)29-15-11-8-12-16-29/h7-24,32-33H,4-6,25-26H2,1-3H3,(H-,42,43,44,45,46,47)/p+1. The number of benzene rings is 4. The molecule has 0 amide bonds. The molecule has 2 heterocycles. The van der Waals surface area contributed by atoms with Crippen LogP contribution in [0.4, 0.5) is 5.69 Å². The van der Waals surface area contributed by atoms with Gasteiger partial charge in [-0.25, -0.2) is 0 Å². The fraction of sp³-hybridized carbons (Fsp3) is 0.256. The van der Waals surface area contributed by atoms with Crippen molar-refractivity contribution in [3.8, 4) is 28.0 Å². The minimum atomic E-state index is -4.37. The first-order valence-electron chi connectivity index (χ1n) is 16.9. The van der Waals surface area contributed by atoms with Crippen molar-refractivity contribution in [3.05, 3.63) is 120 Å². The van der Waals surface area contributed by atoms with Crippen molar-refractivity contribution >= 4 is 43.1 Å². The van der Waals surface area contributed by atoms with Gasteiger partial charge >= 0.3 is 5.89 Å². The number of hydrogen-bond acceptors (Lipinski definition) is 7. The van der Waals surface area contributed by atoms with Crippen LogP contribution in [0.5, 0.6) is 5.75 Å². The molecule has 0 radical (unpaired) electrons. The Morgan fingerprint density at radius 3 is 2.00 bits per heavy atom. The zero-order valence-corrected chi connectivity index (χ0v) is 30.3. The summed E-state index contributed by atoms with van der Waals surface area (Å²) in [6.45, 7) is 5.45. The van der Waals surface area contributed by atoms with Crippen LogP contribution in [0.1, 0.15) is 45.9 Å². The first-order valence-corrected chi connectivity index (χ1v) is 20.0. The topological polar surface area (TPSA) is 138 Å². The maximum atomic E-state index is 12.4. The van der Waals surface area contributed by atoms with E-state index in [1.54, 1.807) is 17.6 Å². The summed E-state index contributed by atoms with van der Waals surface area (Å²) in [4.78, 5) is 1.81. The van der Waals surface area contributed by atoms with E-state index in [0.717, 1.165) is 27.8 Å². The Bertz CT molecular complexity index is 2320. The van der Waals surface area contributed by atoms with E-state index in [-0.39, 0.29) is 13.0 Å². The monoisotopic (exact) mass is 729 g/mol. The third kappa shape index (κ3) is 8.10. The quantitative estimate of drug-likeness (QED) is 0.0914.